The molecule has 1 aliphatic rings. The molecule has 3 rings (SSSR count). The van der Waals surface area contributed by atoms with Crippen LogP contribution in [0.2, 0.25) is 0 Å². The molecule has 0 atom stereocenters. The molecule has 0 aliphatic carbocycles. The van der Waals surface area contributed by atoms with Gasteiger partial charge in [-0.05, 0) is 45.4 Å². The zero-order chi connectivity index (χ0) is 18.1. The standard InChI is InChI=1S/C19H24N4O2/c1-13-5-7-17(8-6-13)22-10-9-21(11-19(22)25)18(24)12-23-16(4)14(2)15(3)20-23/h5-8H,9-12H2,1-4H3. The molecule has 1 aliphatic heterocycles. The number of carbonyl (C=O) groups is 2. The smallest absolute Gasteiger partial charge is 0.246 e. The third kappa shape index (κ3) is 3.43. The number of piperazine rings is 1. The van der Waals surface area contributed by atoms with E-state index in [4.69, 9.17) is 0 Å². The molecule has 1 fully saturated rings. The van der Waals surface area contributed by atoms with E-state index in [2.05, 4.69) is 5.10 Å². The first-order chi connectivity index (χ1) is 11.9. The van der Waals surface area contributed by atoms with Crippen LogP contribution in [-0.2, 0) is 16.1 Å². The molecule has 25 heavy (non-hydrogen) atoms. The molecule has 0 spiro atoms. The van der Waals surface area contributed by atoms with Crippen molar-refractivity contribution in [1.82, 2.24) is 14.7 Å². The summed E-state index contributed by atoms with van der Waals surface area (Å²) in [4.78, 5) is 28.4. The van der Waals surface area contributed by atoms with Gasteiger partial charge in [0.2, 0.25) is 11.8 Å². The van der Waals surface area contributed by atoms with Gasteiger partial charge >= 0.3 is 0 Å². The number of hydrogen-bond acceptors (Lipinski definition) is 3. The minimum atomic E-state index is -0.0671. The number of rotatable bonds is 3. The maximum absolute atomic E-state index is 12.6. The van der Waals surface area contributed by atoms with Gasteiger partial charge in [-0.1, -0.05) is 17.7 Å². The highest BCUT2D eigenvalue weighted by Gasteiger charge is 2.28. The normalized spacial score (nSPS) is 15.0. The Bertz CT molecular complexity index is 808. The SMILES string of the molecule is Cc1ccc(N2CCN(C(=O)Cn3nc(C)c(C)c3C)CC2=O)cc1. The molecule has 6 nitrogen and oxygen atoms in total. The summed E-state index contributed by atoms with van der Waals surface area (Å²) in [7, 11) is 0. The van der Waals surface area contributed by atoms with Crippen molar-refractivity contribution in [3.8, 4) is 0 Å². The molecule has 0 saturated carbocycles. The van der Waals surface area contributed by atoms with E-state index in [0.717, 1.165) is 28.2 Å². The number of aryl methyl sites for hydroxylation is 2. The van der Waals surface area contributed by atoms with E-state index in [-0.39, 0.29) is 24.9 Å². The van der Waals surface area contributed by atoms with E-state index in [1.165, 1.54) is 0 Å². The maximum Gasteiger partial charge on any atom is 0.246 e. The van der Waals surface area contributed by atoms with Gasteiger partial charge in [0.05, 0.1) is 5.69 Å². The first-order valence-corrected chi connectivity index (χ1v) is 8.52. The van der Waals surface area contributed by atoms with Crippen LogP contribution in [0.4, 0.5) is 5.69 Å². The van der Waals surface area contributed by atoms with E-state index in [1.54, 1.807) is 14.5 Å². The van der Waals surface area contributed by atoms with Gasteiger partial charge in [-0.15, -0.1) is 0 Å². The summed E-state index contributed by atoms with van der Waals surface area (Å²) >= 11 is 0. The third-order valence-corrected chi connectivity index (χ3v) is 4.95. The molecule has 2 heterocycles. The topological polar surface area (TPSA) is 58.4 Å². The second-order valence-corrected chi connectivity index (χ2v) is 6.65. The number of benzene rings is 1. The number of carbonyl (C=O) groups excluding carboxylic acids is 2. The minimum Gasteiger partial charge on any atom is -0.330 e. The predicted octanol–water partition coefficient (Wildman–Crippen LogP) is 1.99. The number of hydrogen-bond donors (Lipinski definition) is 0. The molecular formula is C19H24N4O2. The molecule has 2 aromatic rings. The predicted molar refractivity (Wildman–Crippen MR) is 96.6 cm³/mol. The zero-order valence-electron chi connectivity index (χ0n) is 15.2. The highest BCUT2D eigenvalue weighted by molar-refractivity contribution is 5.97. The molecule has 0 radical (unpaired) electrons. The van der Waals surface area contributed by atoms with Gasteiger partial charge in [-0.2, -0.15) is 5.10 Å². The van der Waals surface area contributed by atoms with Gasteiger partial charge in [0.1, 0.15) is 13.1 Å². The van der Waals surface area contributed by atoms with Gasteiger partial charge in [-0.25, -0.2) is 0 Å². The van der Waals surface area contributed by atoms with Crippen LogP contribution < -0.4 is 4.90 Å². The Morgan fingerprint density at radius 2 is 1.76 bits per heavy atom. The minimum absolute atomic E-state index is 0.0481. The molecule has 0 N–H and O–H groups in total. The number of aromatic nitrogens is 2. The number of anilines is 1. The Kier molecular flexibility index (Phi) is 4.61. The van der Waals surface area contributed by atoms with Crippen LogP contribution in [-0.4, -0.2) is 46.1 Å². The molecule has 132 valence electrons. The zero-order valence-corrected chi connectivity index (χ0v) is 15.2. The van der Waals surface area contributed by atoms with Crippen molar-refractivity contribution in [3.63, 3.8) is 0 Å². The highest BCUT2D eigenvalue weighted by atomic mass is 16.2. The van der Waals surface area contributed by atoms with Crippen LogP contribution in [0.5, 0.6) is 0 Å². The molecule has 1 saturated heterocycles. The number of amides is 2. The maximum atomic E-state index is 12.6. The van der Waals surface area contributed by atoms with E-state index in [1.807, 2.05) is 52.0 Å². The van der Waals surface area contributed by atoms with Crippen LogP contribution in [0.25, 0.3) is 0 Å². The fraction of sp³-hybridized carbons (Fsp3) is 0.421. The van der Waals surface area contributed by atoms with Crippen molar-refractivity contribution >= 4 is 17.5 Å². The quantitative estimate of drug-likeness (QED) is 0.859. The largest absolute Gasteiger partial charge is 0.330 e. The average molecular weight is 340 g/mol. The summed E-state index contributed by atoms with van der Waals surface area (Å²) in [5, 5.41) is 4.41. The van der Waals surface area contributed by atoms with E-state index < -0.39 is 0 Å². The van der Waals surface area contributed by atoms with Crippen LogP contribution in [0.15, 0.2) is 24.3 Å². The van der Waals surface area contributed by atoms with Crippen molar-refractivity contribution < 1.29 is 9.59 Å². The average Bonchev–Trinajstić information content (AvgIpc) is 2.83. The first-order valence-electron chi connectivity index (χ1n) is 8.52. The van der Waals surface area contributed by atoms with Gasteiger partial charge in [-0.3, -0.25) is 14.3 Å². The second-order valence-electron chi connectivity index (χ2n) is 6.65. The molecule has 0 unspecified atom stereocenters. The third-order valence-electron chi connectivity index (χ3n) is 4.95. The fourth-order valence-electron chi connectivity index (χ4n) is 3.05. The Balaban J connectivity index is 1.66. The highest BCUT2D eigenvalue weighted by Crippen LogP contribution is 2.18. The Labute approximate surface area is 148 Å². The summed E-state index contributed by atoms with van der Waals surface area (Å²) in [6.07, 6.45) is 0. The van der Waals surface area contributed by atoms with Crippen molar-refractivity contribution in [1.29, 1.82) is 0 Å². The molecule has 6 heteroatoms. The monoisotopic (exact) mass is 340 g/mol. The summed E-state index contributed by atoms with van der Waals surface area (Å²) in [6, 6.07) is 7.88. The van der Waals surface area contributed by atoms with Crippen LogP contribution >= 0.6 is 0 Å². The number of nitrogens with zero attached hydrogens (tertiary/aromatic N) is 4. The lowest BCUT2D eigenvalue weighted by molar-refractivity contribution is -0.137. The Morgan fingerprint density at radius 1 is 1.08 bits per heavy atom. The lowest BCUT2D eigenvalue weighted by Gasteiger charge is -2.34. The Hall–Kier alpha value is -2.63. The molecule has 1 aromatic carbocycles. The van der Waals surface area contributed by atoms with Gasteiger partial charge < -0.3 is 9.80 Å². The Morgan fingerprint density at radius 3 is 2.32 bits per heavy atom. The van der Waals surface area contributed by atoms with Gasteiger partial charge in [0.25, 0.3) is 0 Å². The van der Waals surface area contributed by atoms with Crippen LogP contribution in [0, 0.1) is 27.7 Å². The summed E-state index contributed by atoms with van der Waals surface area (Å²) in [6.45, 7) is 9.27. The van der Waals surface area contributed by atoms with Gasteiger partial charge in [0.15, 0.2) is 0 Å². The fourth-order valence-corrected chi connectivity index (χ4v) is 3.05. The van der Waals surface area contributed by atoms with E-state index >= 15 is 0 Å². The summed E-state index contributed by atoms with van der Waals surface area (Å²) < 4.78 is 1.73. The lowest BCUT2D eigenvalue weighted by atomic mass is 10.2. The van der Waals surface area contributed by atoms with Crippen molar-refractivity contribution in [3.05, 3.63) is 46.8 Å². The van der Waals surface area contributed by atoms with E-state index in [0.29, 0.717) is 13.1 Å². The second kappa shape index (κ2) is 6.70. The first kappa shape index (κ1) is 17.2. The van der Waals surface area contributed by atoms with Crippen LogP contribution in [0.3, 0.4) is 0 Å². The van der Waals surface area contributed by atoms with Crippen molar-refractivity contribution in [2.75, 3.05) is 24.5 Å². The van der Waals surface area contributed by atoms with E-state index in [9.17, 15) is 9.59 Å². The molecule has 2 amide bonds. The summed E-state index contributed by atoms with van der Waals surface area (Å²) in [5.74, 6) is -0.115. The molecule has 1 aromatic heterocycles. The van der Waals surface area contributed by atoms with Crippen molar-refractivity contribution in [2.24, 2.45) is 0 Å². The van der Waals surface area contributed by atoms with Crippen molar-refractivity contribution in [2.45, 2.75) is 34.2 Å². The molecule has 0 bridgehead atoms. The molecular weight excluding hydrogens is 316 g/mol. The van der Waals surface area contributed by atoms with Crippen LogP contribution in [0.1, 0.15) is 22.5 Å². The lowest BCUT2D eigenvalue weighted by Crippen LogP contribution is -2.53. The summed E-state index contributed by atoms with van der Waals surface area (Å²) in [5.41, 5.74) is 5.08. The van der Waals surface area contributed by atoms with Gasteiger partial charge in [0, 0.05) is 24.5 Å².